The van der Waals surface area contributed by atoms with Gasteiger partial charge in [-0.2, -0.15) is 0 Å². The fourth-order valence-corrected chi connectivity index (χ4v) is 19.0. The molecule has 0 saturated heterocycles. The quantitative estimate of drug-likeness (QED) is 0.102. The Labute approximate surface area is 662 Å². The Bertz CT molecular complexity index is 6990. The van der Waals surface area contributed by atoms with Crippen LogP contribution >= 0.6 is 0 Å². The molecule has 0 radical (unpaired) electrons. The maximum absolute atomic E-state index is 7.02. The summed E-state index contributed by atoms with van der Waals surface area (Å²) in [5.41, 5.74) is 34.6. The van der Waals surface area contributed by atoms with Gasteiger partial charge in [-0.1, -0.05) is 346 Å². The summed E-state index contributed by atoms with van der Waals surface area (Å²) in [6, 6.07) is 160. The average molecular weight is 1450 g/mol. The highest BCUT2D eigenvalue weighted by Gasteiger charge is 2.48. The van der Waals surface area contributed by atoms with Gasteiger partial charge in [0.2, 0.25) is 0 Å². The molecule has 18 aromatic carbocycles. The van der Waals surface area contributed by atoms with E-state index in [2.05, 4.69) is 441 Å². The lowest BCUT2D eigenvalue weighted by atomic mass is 9.67. The van der Waals surface area contributed by atoms with E-state index < -0.39 is 10.8 Å². The number of benzene rings is 18. The molecule has 0 fully saturated rings. The number of fused-ring (bicyclic) bond motifs is 12. The molecule has 114 heavy (non-hydrogen) atoms. The summed E-state index contributed by atoms with van der Waals surface area (Å²) in [6.45, 7) is 0. The molecule has 20 aromatic rings. The van der Waals surface area contributed by atoms with E-state index in [-0.39, 0.29) is 0 Å². The standard InChI is InChI=1S/C110H72N2O2/c1-6-27-73(28-7-1)77-29-24-38-86(69-77)112(88-65-67-96-94-42-19-22-49-102(94)110(104(96)72-88,81-34-12-4-13-35-81)82-36-14-5-15-37-82)85-62-55-76(56-63-85)92-45-26-47-99-100-70-78(57-68-106(100)114-108(92)99)90-40-17-16-39-89(90)74-51-58-83(59-52-74)111(84-60-53-75(54-61-84)91-44-25-46-98-97-43-20-23-50-105(97)113-107(91)98)87-64-66-95-93-41-18-21-48-101(93)109(103(95)71-87,79-30-8-2-9-31-79)80-32-10-3-11-33-80/h1-72H. The average Bonchev–Trinajstić information content (AvgIpc) is 1.53. The minimum Gasteiger partial charge on any atom is -0.455 e. The molecule has 534 valence electrons. The summed E-state index contributed by atoms with van der Waals surface area (Å²) in [4.78, 5) is 4.84. The predicted octanol–water partition coefficient (Wildman–Crippen LogP) is 29.5. The van der Waals surface area contributed by atoms with Gasteiger partial charge in [-0.25, -0.2) is 0 Å². The summed E-state index contributed by atoms with van der Waals surface area (Å²) in [5, 5.41) is 4.35. The van der Waals surface area contributed by atoms with Gasteiger partial charge in [0, 0.05) is 66.8 Å². The van der Waals surface area contributed by atoms with Crippen LogP contribution in [0.15, 0.2) is 446 Å². The first-order chi connectivity index (χ1) is 56.5. The summed E-state index contributed by atoms with van der Waals surface area (Å²) < 4.78 is 13.6. The van der Waals surface area contributed by atoms with Gasteiger partial charge in [0.15, 0.2) is 0 Å². The number of anilines is 6. The second kappa shape index (κ2) is 27.0. The molecule has 4 heteroatoms. The van der Waals surface area contributed by atoms with Crippen LogP contribution in [0.1, 0.15) is 44.5 Å². The fraction of sp³-hybridized carbons (Fsp3) is 0.0182. The molecule has 0 spiro atoms. The third-order valence-corrected chi connectivity index (χ3v) is 24.1. The van der Waals surface area contributed by atoms with Gasteiger partial charge in [-0.15, -0.1) is 0 Å². The minimum atomic E-state index is -0.580. The largest absolute Gasteiger partial charge is 0.455 e. The minimum absolute atomic E-state index is 0.564. The van der Waals surface area contributed by atoms with E-state index in [1.54, 1.807) is 0 Å². The van der Waals surface area contributed by atoms with Crippen LogP contribution in [0.5, 0.6) is 0 Å². The van der Waals surface area contributed by atoms with Gasteiger partial charge in [0.1, 0.15) is 22.3 Å². The molecule has 0 saturated carbocycles. The first-order valence-electron chi connectivity index (χ1n) is 39.3. The number of hydrogen-bond acceptors (Lipinski definition) is 4. The molecule has 0 atom stereocenters. The molecule has 0 aliphatic heterocycles. The highest BCUT2D eigenvalue weighted by Crippen LogP contribution is 2.60. The van der Waals surface area contributed by atoms with E-state index in [0.29, 0.717) is 0 Å². The third-order valence-electron chi connectivity index (χ3n) is 24.1. The Balaban J connectivity index is 0.623. The second-order valence-electron chi connectivity index (χ2n) is 30.1. The Morgan fingerprint density at radius 1 is 0.167 bits per heavy atom. The number of rotatable bonds is 15. The van der Waals surface area contributed by atoms with Crippen molar-refractivity contribution in [1.82, 2.24) is 0 Å². The van der Waals surface area contributed by atoms with Crippen molar-refractivity contribution in [3.05, 3.63) is 481 Å². The predicted molar refractivity (Wildman–Crippen MR) is 472 cm³/mol. The molecule has 2 aliphatic rings. The lowest BCUT2D eigenvalue weighted by Crippen LogP contribution is -2.28. The van der Waals surface area contributed by atoms with Crippen molar-refractivity contribution in [3.63, 3.8) is 0 Å². The first-order valence-corrected chi connectivity index (χ1v) is 39.3. The van der Waals surface area contributed by atoms with Crippen LogP contribution in [-0.4, -0.2) is 0 Å². The van der Waals surface area contributed by atoms with Crippen LogP contribution < -0.4 is 9.80 Å². The van der Waals surface area contributed by atoms with Crippen LogP contribution in [0.2, 0.25) is 0 Å². The van der Waals surface area contributed by atoms with E-state index in [4.69, 9.17) is 8.83 Å². The Morgan fingerprint density at radius 2 is 0.491 bits per heavy atom. The molecule has 2 aromatic heterocycles. The van der Waals surface area contributed by atoms with E-state index in [9.17, 15) is 0 Å². The number of para-hydroxylation sites is 3. The van der Waals surface area contributed by atoms with Gasteiger partial charge in [-0.3, -0.25) is 0 Å². The van der Waals surface area contributed by atoms with E-state index in [1.165, 1.54) is 66.8 Å². The second-order valence-corrected chi connectivity index (χ2v) is 30.1. The van der Waals surface area contributed by atoms with Crippen LogP contribution in [0.4, 0.5) is 34.1 Å². The van der Waals surface area contributed by atoms with Crippen LogP contribution in [0, 0.1) is 0 Å². The van der Waals surface area contributed by atoms with Crippen molar-refractivity contribution in [2.24, 2.45) is 0 Å². The normalized spacial score (nSPS) is 12.9. The molecule has 0 bridgehead atoms. The molecule has 22 rings (SSSR count). The van der Waals surface area contributed by atoms with Crippen molar-refractivity contribution in [1.29, 1.82) is 0 Å². The smallest absolute Gasteiger partial charge is 0.143 e. The Kier molecular flexibility index (Phi) is 15.7. The van der Waals surface area contributed by atoms with Crippen LogP contribution in [0.3, 0.4) is 0 Å². The third kappa shape index (κ3) is 10.5. The molecule has 2 heterocycles. The van der Waals surface area contributed by atoms with Gasteiger partial charge >= 0.3 is 0 Å². The number of nitrogens with zero attached hydrogens (tertiary/aromatic N) is 2. The van der Waals surface area contributed by atoms with Gasteiger partial charge in [-0.05, 0) is 202 Å². The van der Waals surface area contributed by atoms with Crippen molar-refractivity contribution in [3.8, 4) is 77.9 Å². The number of furan rings is 2. The van der Waals surface area contributed by atoms with E-state index >= 15 is 0 Å². The zero-order valence-electron chi connectivity index (χ0n) is 62.3. The number of hydrogen-bond donors (Lipinski definition) is 0. The van der Waals surface area contributed by atoms with Crippen molar-refractivity contribution in [2.75, 3.05) is 9.80 Å². The van der Waals surface area contributed by atoms with Gasteiger partial charge in [0.25, 0.3) is 0 Å². The highest BCUT2D eigenvalue weighted by molar-refractivity contribution is 6.12. The zero-order valence-corrected chi connectivity index (χ0v) is 62.3. The van der Waals surface area contributed by atoms with Gasteiger partial charge < -0.3 is 18.6 Å². The summed E-state index contributed by atoms with van der Waals surface area (Å²) in [7, 11) is 0. The maximum atomic E-state index is 7.02. The monoisotopic (exact) mass is 1450 g/mol. The van der Waals surface area contributed by atoms with Crippen molar-refractivity contribution in [2.45, 2.75) is 10.8 Å². The Morgan fingerprint density at radius 3 is 0.982 bits per heavy atom. The zero-order chi connectivity index (χ0) is 75.3. The lowest BCUT2D eigenvalue weighted by molar-refractivity contribution is 0.669. The topological polar surface area (TPSA) is 32.8 Å². The molecule has 0 amide bonds. The summed E-state index contributed by atoms with van der Waals surface area (Å²) in [5.74, 6) is 0. The summed E-state index contributed by atoms with van der Waals surface area (Å²) >= 11 is 0. The fourth-order valence-electron chi connectivity index (χ4n) is 19.0. The maximum Gasteiger partial charge on any atom is 0.143 e. The molecule has 2 aliphatic carbocycles. The summed E-state index contributed by atoms with van der Waals surface area (Å²) in [6.07, 6.45) is 0. The van der Waals surface area contributed by atoms with E-state index in [1.807, 2.05) is 6.07 Å². The molecular formula is C110H72N2O2. The lowest BCUT2D eigenvalue weighted by Gasteiger charge is -2.35. The molecule has 0 unspecified atom stereocenters. The molecular weight excluding hydrogens is 1380 g/mol. The van der Waals surface area contributed by atoms with Gasteiger partial charge in [0.05, 0.1) is 10.8 Å². The molecule has 4 nitrogen and oxygen atoms in total. The van der Waals surface area contributed by atoms with E-state index in [0.717, 1.165) is 134 Å². The molecule has 0 N–H and O–H groups in total. The van der Waals surface area contributed by atoms with Crippen LogP contribution in [-0.2, 0) is 10.8 Å². The first kappa shape index (κ1) is 66.2. The Hall–Kier alpha value is -14.8. The van der Waals surface area contributed by atoms with Crippen molar-refractivity contribution < 1.29 is 8.83 Å². The SMILES string of the molecule is c1ccc(-c2cccc(N(c3ccc(-c4cccc5c4oc4ccc(-c6ccccc6-c6ccc(N(c7ccc(-c8cccc9c8oc8ccccc89)cc7)c7ccc8c(c7)C(c7ccccc7)(c7ccccc7)c7ccccc7-8)cc6)cc45)cc3)c3ccc4c(c3)C(c3ccccc3)(c3ccccc3)c3ccccc3-4)c2)cc1. The van der Waals surface area contributed by atoms with Crippen LogP contribution in [0.25, 0.3) is 122 Å². The highest BCUT2D eigenvalue weighted by atomic mass is 16.3. The van der Waals surface area contributed by atoms with Crippen molar-refractivity contribution >= 4 is 78.0 Å².